The van der Waals surface area contributed by atoms with Crippen LogP contribution in [-0.4, -0.2) is 44.0 Å². The maximum absolute atomic E-state index is 13.0. The molecule has 152 valence electrons. The van der Waals surface area contributed by atoms with Crippen LogP contribution in [0.3, 0.4) is 0 Å². The predicted molar refractivity (Wildman–Crippen MR) is 115 cm³/mol. The number of pyridine rings is 1. The molecule has 0 radical (unpaired) electrons. The Morgan fingerprint density at radius 3 is 2.52 bits per heavy atom. The molecule has 2 aromatic heterocycles. The zero-order chi connectivity index (χ0) is 21.1. The Labute approximate surface area is 170 Å². The van der Waals surface area contributed by atoms with Gasteiger partial charge in [0, 0.05) is 29.6 Å². The third-order valence-electron chi connectivity index (χ3n) is 5.15. The van der Waals surface area contributed by atoms with E-state index in [4.69, 9.17) is 5.73 Å². The topological polar surface area (TPSA) is 105 Å². The molecule has 1 saturated heterocycles. The minimum absolute atomic E-state index is 0.116. The second-order valence-electron chi connectivity index (χ2n) is 6.91. The van der Waals surface area contributed by atoms with Crippen molar-refractivity contribution in [2.75, 3.05) is 18.8 Å². The SMILES string of the molecule is CC.Cc1ccc(O)c(C)c1-c1nc(C(=O)N2CCCC2)cc2c(N)ncnc12. The predicted octanol–water partition coefficient (Wildman–Crippen LogP) is 3.86. The van der Waals surface area contributed by atoms with Gasteiger partial charge in [-0.25, -0.2) is 15.0 Å². The summed E-state index contributed by atoms with van der Waals surface area (Å²) in [5, 5.41) is 10.8. The van der Waals surface area contributed by atoms with E-state index in [1.165, 1.54) is 6.33 Å². The first-order valence-electron chi connectivity index (χ1n) is 9.97. The number of phenols is 1. The highest BCUT2D eigenvalue weighted by atomic mass is 16.3. The van der Waals surface area contributed by atoms with E-state index in [0.717, 1.165) is 37.1 Å². The third kappa shape index (κ3) is 3.72. The summed E-state index contributed by atoms with van der Waals surface area (Å²) < 4.78 is 0. The third-order valence-corrected chi connectivity index (χ3v) is 5.15. The molecule has 1 amide bonds. The fraction of sp³-hybridized carbons (Fsp3) is 0.364. The Morgan fingerprint density at radius 2 is 1.83 bits per heavy atom. The molecule has 7 nitrogen and oxygen atoms in total. The van der Waals surface area contributed by atoms with Gasteiger partial charge in [-0.15, -0.1) is 0 Å². The van der Waals surface area contributed by atoms with Crippen LogP contribution in [0.1, 0.15) is 48.3 Å². The summed E-state index contributed by atoms with van der Waals surface area (Å²) in [5.41, 5.74) is 9.88. The van der Waals surface area contributed by atoms with Gasteiger partial charge in [0.15, 0.2) is 0 Å². The molecule has 3 aromatic rings. The zero-order valence-electron chi connectivity index (χ0n) is 17.4. The van der Waals surface area contributed by atoms with Crippen LogP contribution >= 0.6 is 0 Å². The number of aromatic hydroxyl groups is 1. The van der Waals surface area contributed by atoms with Crippen LogP contribution in [0.5, 0.6) is 5.75 Å². The summed E-state index contributed by atoms with van der Waals surface area (Å²) in [6.07, 6.45) is 3.39. The Bertz CT molecular complexity index is 1060. The zero-order valence-corrected chi connectivity index (χ0v) is 17.4. The molecule has 0 atom stereocenters. The summed E-state index contributed by atoms with van der Waals surface area (Å²) in [7, 11) is 0. The number of anilines is 1. The summed E-state index contributed by atoms with van der Waals surface area (Å²) in [4.78, 5) is 27.9. The number of hydrogen-bond acceptors (Lipinski definition) is 6. The van der Waals surface area contributed by atoms with E-state index < -0.39 is 0 Å². The minimum Gasteiger partial charge on any atom is -0.508 e. The number of carbonyl (C=O) groups excluding carboxylic acids is 1. The van der Waals surface area contributed by atoms with Gasteiger partial charge >= 0.3 is 0 Å². The van der Waals surface area contributed by atoms with Gasteiger partial charge in [0.1, 0.15) is 29.1 Å². The Balaban J connectivity index is 0.00000117. The number of fused-ring (bicyclic) bond motifs is 1. The number of rotatable bonds is 2. The molecule has 0 spiro atoms. The van der Waals surface area contributed by atoms with Gasteiger partial charge in [-0.3, -0.25) is 4.79 Å². The standard InChI is InChI=1S/C20H21N5O2.C2H6/c1-11-5-6-15(26)12(2)16(11)18-17-13(19(21)23-10-22-17)9-14(24-18)20(27)25-7-3-4-8-25;1-2/h5-6,9-10,26H,3-4,7-8H2,1-2H3,(H2,21,22,23);1-2H3. The van der Waals surface area contributed by atoms with Crippen molar-refractivity contribution in [1.29, 1.82) is 0 Å². The van der Waals surface area contributed by atoms with Gasteiger partial charge in [-0.2, -0.15) is 0 Å². The highest BCUT2D eigenvalue weighted by Gasteiger charge is 2.24. The Morgan fingerprint density at radius 1 is 1.14 bits per heavy atom. The average molecular weight is 393 g/mol. The van der Waals surface area contributed by atoms with Crippen molar-refractivity contribution in [3.8, 4) is 17.0 Å². The van der Waals surface area contributed by atoms with E-state index in [1.807, 2.05) is 33.8 Å². The molecular weight excluding hydrogens is 366 g/mol. The van der Waals surface area contributed by atoms with Crippen LogP contribution in [0.15, 0.2) is 24.5 Å². The van der Waals surface area contributed by atoms with Crippen LogP contribution in [0.4, 0.5) is 5.82 Å². The molecule has 0 unspecified atom stereocenters. The first-order chi connectivity index (χ1) is 14.0. The highest BCUT2D eigenvalue weighted by molar-refractivity contribution is 6.03. The summed E-state index contributed by atoms with van der Waals surface area (Å²) in [6, 6.07) is 5.14. The number of likely N-dealkylation sites (tertiary alicyclic amines) is 1. The number of nitrogen functional groups attached to an aromatic ring is 1. The lowest BCUT2D eigenvalue weighted by molar-refractivity contribution is 0.0787. The second-order valence-corrected chi connectivity index (χ2v) is 6.91. The van der Waals surface area contributed by atoms with Crippen molar-refractivity contribution in [3.05, 3.63) is 41.3 Å². The van der Waals surface area contributed by atoms with Crippen LogP contribution < -0.4 is 5.73 Å². The van der Waals surface area contributed by atoms with Gasteiger partial charge in [0.2, 0.25) is 0 Å². The fourth-order valence-electron chi connectivity index (χ4n) is 3.65. The lowest BCUT2D eigenvalue weighted by Gasteiger charge is -2.18. The first-order valence-corrected chi connectivity index (χ1v) is 9.97. The van der Waals surface area contributed by atoms with Crippen LogP contribution in [-0.2, 0) is 0 Å². The number of nitrogens with zero attached hydrogens (tertiary/aromatic N) is 4. The quantitative estimate of drug-likeness (QED) is 0.685. The smallest absolute Gasteiger partial charge is 0.272 e. The van der Waals surface area contributed by atoms with Crippen LogP contribution in [0.25, 0.3) is 22.2 Å². The van der Waals surface area contributed by atoms with Gasteiger partial charge in [-0.1, -0.05) is 19.9 Å². The molecule has 4 rings (SSSR count). The second kappa shape index (κ2) is 8.43. The molecule has 1 fully saturated rings. The van der Waals surface area contributed by atoms with E-state index >= 15 is 0 Å². The van der Waals surface area contributed by atoms with Crippen LogP contribution in [0.2, 0.25) is 0 Å². The Kier molecular flexibility index (Phi) is 5.96. The van der Waals surface area contributed by atoms with Crippen molar-refractivity contribution in [1.82, 2.24) is 19.9 Å². The van der Waals surface area contributed by atoms with E-state index in [1.54, 1.807) is 17.0 Å². The molecule has 1 aromatic carbocycles. The normalized spacial score (nSPS) is 13.3. The average Bonchev–Trinajstić information content (AvgIpc) is 3.27. The van der Waals surface area contributed by atoms with Crippen molar-refractivity contribution in [3.63, 3.8) is 0 Å². The first kappa shape index (κ1) is 20.5. The number of nitrogens with two attached hydrogens (primary N) is 1. The molecule has 29 heavy (non-hydrogen) atoms. The van der Waals surface area contributed by atoms with Gasteiger partial charge in [-0.05, 0) is 44.4 Å². The summed E-state index contributed by atoms with van der Waals surface area (Å²) in [6.45, 7) is 9.23. The molecule has 0 aliphatic carbocycles. The number of amides is 1. The number of benzene rings is 1. The molecule has 3 heterocycles. The largest absolute Gasteiger partial charge is 0.508 e. The molecule has 3 N–H and O–H groups in total. The Hall–Kier alpha value is -3.22. The summed E-state index contributed by atoms with van der Waals surface area (Å²) in [5.74, 6) is 0.354. The van der Waals surface area contributed by atoms with Gasteiger partial charge in [0.25, 0.3) is 5.91 Å². The number of phenolic OH excluding ortho intramolecular Hbond substituents is 1. The van der Waals surface area contributed by atoms with Gasteiger partial charge < -0.3 is 15.7 Å². The molecule has 1 aliphatic rings. The molecule has 1 aliphatic heterocycles. The van der Waals surface area contributed by atoms with E-state index in [2.05, 4.69) is 15.0 Å². The lowest BCUT2D eigenvalue weighted by atomic mass is 9.97. The van der Waals surface area contributed by atoms with Crippen molar-refractivity contribution in [2.45, 2.75) is 40.5 Å². The lowest BCUT2D eigenvalue weighted by Crippen LogP contribution is -2.28. The summed E-state index contributed by atoms with van der Waals surface area (Å²) >= 11 is 0. The maximum Gasteiger partial charge on any atom is 0.272 e. The van der Waals surface area contributed by atoms with Crippen LogP contribution in [0, 0.1) is 13.8 Å². The molecular formula is C22H27N5O2. The van der Waals surface area contributed by atoms with E-state index in [-0.39, 0.29) is 11.7 Å². The number of aromatic nitrogens is 3. The molecule has 0 saturated carbocycles. The maximum atomic E-state index is 13.0. The van der Waals surface area contributed by atoms with Gasteiger partial charge in [0.05, 0.1) is 5.69 Å². The van der Waals surface area contributed by atoms with E-state index in [9.17, 15) is 9.90 Å². The fourth-order valence-corrected chi connectivity index (χ4v) is 3.65. The molecule has 7 heteroatoms. The van der Waals surface area contributed by atoms with Crippen molar-refractivity contribution >= 4 is 22.6 Å². The number of carbonyl (C=O) groups is 1. The number of hydrogen-bond donors (Lipinski definition) is 2. The van der Waals surface area contributed by atoms with Crippen molar-refractivity contribution in [2.24, 2.45) is 0 Å². The number of aryl methyl sites for hydroxylation is 1. The highest BCUT2D eigenvalue weighted by Crippen LogP contribution is 2.36. The monoisotopic (exact) mass is 393 g/mol. The van der Waals surface area contributed by atoms with Crippen molar-refractivity contribution < 1.29 is 9.90 Å². The van der Waals surface area contributed by atoms with E-state index in [0.29, 0.717) is 33.7 Å². The minimum atomic E-state index is -0.116. The molecule has 0 bridgehead atoms.